The van der Waals surface area contributed by atoms with Gasteiger partial charge in [0.1, 0.15) is 0 Å². The number of aromatic nitrogens is 3. The number of nitrogens with zero attached hydrogens (tertiary/aromatic N) is 3. The molecule has 3 heterocycles. The number of benzene rings is 1. The summed E-state index contributed by atoms with van der Waals surface area (Å²) in [6.45, 7) is 1.67. The second kappa shape index (κ2) is 7.50. The summed E-state index contributed by atoms with van der Waals surface area (Å²) in [5.74, 6) is 0.217. The van der Waals surface area contributed by atoms with Gasteiger partial charge in [-0.1, -0.05) is 12.1 Å². The minimum atomic E-state index is -0.258. The van der Waals surface area contributed by atoms with E-state index < -0.39 is 0 Å². The van der Waals surface area contributed by atoms with E-state index in [-0.39, 0.29) is 17.5 Å². The van der Waals surface area contributed by atoms with Crippen LogP contribution in [0, 0.1) is 11.3 Å². The maximum atomic E-state index is 12.7. The van der Waals surface area contributed by atoms with Gasteiger partial charge in [-0.2, -0.15) is 5.26 Å². The topological polar surface area (TPSA) is 116 Å². The summed E-state index contributed by atoms with van der Waals surface area (Å²) in [5.41, 5.74) is 1.90. The highest BCUT2D eigenvalue weighted by atomic mass is 16.2. The SMILES string of the molecule is N#Cc1ccc(-c2c[nH]n(-c3ccc(C(=O)NC4CCNC4)cn3)c2=O)cc1. The number of hydrogen-bond donors (Lipinski definition) is 3. The minimum Gasteiger partial charge on any atom is -0.348 e. The van der Waals surface area contributed by atoms with E-state index in [2.05, 4.69) is 26.8 Å². The summed E-state index contributed by atoms with van der Waals surface area (Å²) in [7, 11) is 0. The standard InChI is InChI=1S/C20H18N6O2/c21-9-13-1-3-14(4-2-13)17-12-24-26(20(17)28)18-6-5-15(10-23-18)19(27)25-16-7-8-22-11-16/h1-6,10,12,16,22,24H,7-8,11H2,(H,25,27). The first-order chi connectivity index (χ1) is 13.7. The molecule has 1 atom stereocenters. The average molecular weight is 374 g/mol. The molecule has 2 aromatic heterocycles. The molecule has 0 spiro atoms. The molecule has 3 aromatic rings. The molecule has 1 saturated heterocycles. The fraction of sp³-hybridized carbons (Fsp3) is 0.200. The van der Waals surface area contributed by atoms with E-state index in [0.29, 0.717) is 28.1 Å². The summed E-state index contributed by atoms with van der Waals surface area (Å²) in [6.07, 6.45) is 3.97. The van der Waals surface area contributed by atoms with Crippen LogP contribution in [0.1, 0.15) is 22.3 Å². The quantitative estimate of drug-likeness (QED) is 0.634. The Kier molecular flexibility index (Phi) is 4.74. The Labute approximate surface area is 160 Å². The molecule has 3 N–H and O–H groups in total. The van der Waals surface area contributed by atoms with Gasteiger partial charge < -0.3 is 10.6 Å². The molecule has 1 amide bonds. The number of nitrogens with one attached hydrogen (secondary N) is 3. The lowest BCUT2D eigenvalue weighted by molar-refractivity contribution is 0.0939. The number of rotatable bonds is 4. The Balaban J connectivity index is 1.54. The van der Waals surface area contributed by atoms with Crippen molar-refractivity contribution >= 4 is 5.91 Å². The molecular weight excluding hydrogens is 356 g/mol. The van der Waals surface area contributed by atoms with E-state index in [4.69, 9.17) is 5.26 Å². The highest BCUT2D eigenvalue weighted by Crippen LogP contribution is 2.16. The van der Waals surface area contributed by atoms with Crippen LogP contribution in [0.25, 0.3) is 16.9 Å². The highest BCUT2D eigenvalue weighted by molar-refractivity contribution is 5.94. The Morgan fingerprint density at radius 3 is 2.71 bits per heavy atom. The summed E-state index contributed by atoms with van der Waals surface area (Å²) < 4.78 is 1.32. The summed E-state index contributed by atoms with van der Waals surface area (Å²) >= 11 is 0. The molecule has 4 rings (SSSR count). The van der Waals surface area contributed by atoms with Crippen LogP contribution in [0.5, 0.6) is 0 Å². The number of carbonyl (C=O) groups is 1. The van der Waals surface area contributed by atoms with E-state index in [1.54, 1.807) is 42.6 Å². The number of nitriles is 1. The Morgan fingerprint density at radius 1 is 1.25 bits per heavy atom. The lowest BCUT2D eigenvalue weighted by atomic mass is 10.1. The summed E-state index contributed by atoms with van der Waals surface area (Å²) in [6, 6.07) is 12.2. The number of pyridine rings is 1. The van der Waals surface area contributed by atoms with Gasteiger partial charge in [0, 0.05) is 25.0 Å². The third-order valence-corrected chi connectivity index (χ3v) is 4.73. The molecule has 1 fully saturated rings. The van der Waals surface area contributed by atoms with E-state index in [9.17, 15) is 9.59 Å². The predicted octanol–water partition coefficient (Wildman–Crippen LogP) is 1.19. The number of amides is 1. The van der Waals surface area contributed by atoms with Crippen LogP contribution >= 0.6 is 0 Å². The van der Waals surface area contributed by atoms with Crippen molar-refractivity contribution < 1.29 is 4.79 Å². The van der Waals surface area contributed by atoms with Gasteiger partial charge in [-0.25, -0.2) is 9.67 Å². The van der Waals surface area contributed by atoms with Crippen LogP contribution in [0.3, 0.4) is 0 Å². The first-order valence-corrected chi connectivity index (χ1v) is 8.94. The monoisotopic (exact) mass is 374 g/mol. The number of H-pyrrole nitrogens is 1. The van der Waals surface area contributed by atoms with Crippen molar-refractivity contribution in [3.05, 3.63) is 70.3 Å². The molecule has 1 aliphatic heterocycles. The molecule has 1 aliphatic rings. The zero-order valence-electron chi connectivity index (χ0n) is 15.0. The van der Waals surface area contributed by atoms with Crippen molar-refractivity contribution in [3.63, 3.8) is 0 Å². The molecule has 1 unspecified atom stereocenters. The molecule has 140 valence electrons. The lowest BCUT2D eigenvalue weighted by Crippen LogP contribution is -2.36. The van der Waals surface area contributed by atoms with Crippen LogP contribution in [0.4, 0.5) is 0 Å². The Bertz CT molecular complexity index is 1080. The second-order valence-electron chi connectivity index (χ2n) is 6.59. The fourth-order valence-electron chi connectivity index (χ4n) is 3.17. The maximum Gasteiger partial charge on any atom is 0.280 e. The Morgan fingerprint density at radius 2 is 2.07 bits per heavy atom. The summed E-state index contributed by atoms with van der Waals surface area (Å²) in [4.78, 5) is 29.2. The zero-order chi connectivity index (χ0) is 19.5. The van der Waals surface area contributed by atoms with Gasteiger partial charge >= 0.3 is 0 Å². The molecule has 28 heavy (non-hydrogen) atoms. The normalized spacial score (nSPS) is 15.9. The lowest BCUT2D eigenvalue weighted by Gasteiger charge is -2.11. The molecule has 8 nitrogen and oxygen atoms in total. The van der Waals surface area contributed by atoms with Crippen molar-refractivity contribution in [1.29, 1.82) is 5.26 Å². The van der Waals surface area contributed by atoms with Crippen LogP contribution in [0.15, 0.2) is 53.6 Å². The van der Waals surface area contributed by atoms with Crippen molar-refractivity contribution in [2.24, 2.45) is 0 Å². The van der Waals surface area contributed by atoms with Crippen LogP contribution in [0.2, 0.25) is 0 Å². The molecule has 0 bridgehead atoms. The third-order valence-electron chi connectivity index (χ3n) is 4.73. The van der Waals surface area contributed by atoms with Gasteiger partial charge in [0.15, 0.2) is 5.82 Å². The first-order valence-electron chi connectivity index (χ1n) is 8.94. The largest absolute Gasteiger partial charge is 0.348 e. The minimum absolute atomic E-state index is 0.133. The summed E-state index contributed by atoms with van der Waals surface area (Å²) in [5, 5.41) is 17.9. The van der Waals surface area contributed by atoms with Crippen molar-refractivity contribution in [2.75, 3.05) is 13.1 Å². The van der Waals surface area contributed by atoms with Crippen LogP contribution in [-0.2, 0) is 0 Å². The Hall–Kier alpha value is -3.70. The van der Waals surface area contributed by atoms with E-state index in [1.165, 1.54) is 10.9 Å². The highest BCUT2D eigenvalue weighted by Gasteiger charge is 2.18. The predicted molar refractivity (Wildman–Crippen MR) is 103 cm³/mol. The van der Waals surface area contributed by atoms with Gasteiger partial charge in [-0.3, -0.25) is 14.7 Å². The maximum absolute atomic E-state index is 12.7. The van der Waals surface area contributed by atoms with Crippen LogP contribution in [-0.4, -0.2) is 39.8 Å². The number of hydrogen-bond acceptors (Lipinski definition) is 5. The molecule has 0 aliphatic carbocycles. The second-order valence-corrected chi connectivity index (χ2v) is 6.59. The molecule has 0 radical (unpaired) electrons. The number of carbonyl (C=O) groups excluding carboxylic acids is 1. The third kappa shape index (κ3) is 3.43. The fourth-order valence-corrected chi connectivity index (χ4v) is 3.17. The average Bonchev–Trinajstić information content (AvgIpc) is 3.38. The molecule has 1 aromatic carbocycles. The van der Waals surface area contributed by atoms with E-state index in [1.807, 2.05) is 0 Å². The van der Waals surface area contributed by atoms with Gasteiger partial charge in [0.25, 0.3) is 11.5 Å². The van der Waals surface area contributed by atoms with Crippen molar-refractivity contribution in [1.82, 2.24) is 25.4 Å². The smallest absolute Gasteiger partial charge is 0.280 e. The number of aromatic amines is 1. The van der Waals surface area contributed by atoms with E-state index >= 15 is 0 Å². The van der Waals surface area contributed by atoms with Gasteiger partial charge in [0.2, 0.25) is 0 Å². The van der Waals surface area contributed by atoms with Gasteiger partial charge in [-0.05, 0) is 42.8 Å². The molecule has 0 saturated carbocycles. The first kappa shape index (κ1) is 17.7. The molecule has 8 heteroatoms. The zero-order valence-corrected chi connectivity index (χ0v) is 15.0. The van der Waals surface area contributed by atoms with Gasteiger partial charge in [-0.15, -0.1) is 0 Å². The van der Waals surface area contributed by atoms with E-state index in [0.717, 1.165) is 19.5 Å². The van der Waals surface area contributed by atoms with Crippen molar-refractivity contribution in [2.45, 2.75) is 12.5 Å². The molecular formula is C20H18N6O2. The van der Waals surface area contributed by atoms with Crippen LogP contribution < -0.4 is 16.2 Å². The van der Waals surface area contributed by atoms with Gasteiger partial charge in [0.05, 0.1) is 22.8 Å². The van der Waals surface area contributed by atoms with Crippen molar-refractivity contribution in [3.8, 4) is 23.0 Å².